The third kappa shape index (κ3) is 3.16. The van der Waals surface area contributed by atoms with E-state index >= 15 is 0 Å². The van der Waals surface area contributed by atoms with E-state index in [-0.39, 0.29) is 0 Å². The second kappa shape index (κ2) is 6.31. The van der Waals surface area contributed by atoms with Crippen LogP contribution in [0.3, 0.4) is 0 Å². The fourth-order valence-corrected chi connectivity index (χ4v) is 3.24. The maximum absolute atomic E-state index is 5.59. The first-order chi connectivity index (χ1) is 8.35. The lowest BCUT2D eigenvalue weighted by molar-refractivity contribution is 0.584. The van der Waals surface area contributed by atoms with Crippen LogP contribution >= 0.6 is 11.5 Å². The van der Waals surface area contributed by atoms with Crippen LogP contribution in [0.15, 0.2) is 0 Å². The minimum absolute atomic E-state index is 0.640. The molecule has 1 atom stereocenters. The molecule has 2 N–H and O–H groups in total. The first-order valence-electron chi connectivity index (χ1n) is 6.64. The van der Waals surface area contributed by atoms with Crippen molar-refractivity contribution in [2.24, 2.45) is 5.73 Å². The number of anilines is 1. The third-order valence-electron chi connectivity index (χ3n) is 3.30. The van der Waals surface area contributed by atoms with E-state index < -0.39 is 0 Å². The van der Waals surface area contributed by atoms with Gasteiger partial charge in [0, 0.05) is 30.5 Å². The summed E-state index contributed by atoms with van der Waals surface area (Å²) < 4.78 is 4.43. The van der Waals surface area contributed by atoms with Crippen molar-refractivity contribution < 1.29 is 0 Å². The number of rotatable bonds is 6. The van der Waals surface area contributed by atoms with Gasteiger partial charge in [0.05, 0.1) is 0 Å². The molecule has 0 saturated carbocycles. The first kappa shape index (κ1) is 12.8. The molecule has 1 aliphatic heterocycles. The molecule has 1 saturated heterocycles. The molecule has 2 rings (SSSR count). The zero-order valence-electron chi connectivity index (χ0n) is 10.6. The molecule has 0 aliphatic carbocycles. The van der Waals surface area contributed by atoms with Crippen molar-refractivity contribution in [1.29, 1.82) is 0 Å². The quantitative estimate of drug-likeness (QED) is 0.845. The minimum atomic E-state index is 0.640. The van der Waals surface area contributed by atoms with Gasteiger partial charge >= 0.3 is 0 Å². The van der Waals surface area contributed by atoms with Crippen LogP contribution < -0.4 is 10.6 Å². The second-order valence-electron chi connectivity index (χ2n) is 4.66. The van der Waals surface area contributed by atoms with Gasteiger partial charge in [-0.1, -0.05) is 6.92 Å². The minimum Gasteiger partial charge on any atom is -0.344 e. The Labute approximate surface area is 107 Å². The third-order valence-corrected chi connectivity index (χ3v) is 4.09. The molecule has 2 heterocycles. The number of nitrogens with zero attached hydrogens (tertiary/aromatic N) is 3. The molecule has 5 heteroatoms. The van der Waals surface area contributed by atoms with Gasteiger partial charge in [-0.25, -0.2) is 4.98 Å². The van der Waals surface area contributed by atoms with E-state index in [1.807, 2.05) is 0 Å². The summed E-state index contributed by atoms with van der Waals surface area (Å²) in [4.78, 5) is 7.08. The molecule has 1 aromatic rings. The summed E-state index contributed by atoms with van der Waals surface area (Å²) in [5, 5.41) is 1.12. The van der Waals surface area contributed by atoms with Gasteiger partial charge < -0.3 is 10.6 Å². The average molecular weight is 254 g/mol. The van der Waals surface area contributed by atoms with E-state index in [1.165, 1.54) is 19.3 Å². The van der Waals surface area contributed by atoms with Crippen molar-refractivity contribution >= 4 is 16.7 Å². The highest BCUT2D eigenvalue weighted by Crippen LogP contribution is 2.29. The summed E-state index contributed by atoms with van der Waals surface area (Å²) in [7, 11) is 0. The van der Waals surface area contributed by atoms with Crippen molar-refractivity contribution in [2.75, 3.05) is 18.0 Å². The van der Waals surface area contributed by atoms with Gasteiger partial charge in [-0.2, -0.15) is 4.37 Å². The topological polar surface area (TPSA) is 55.0 Å². The highest BCUT2D eigenvalue weighted by molar-refractivity contribution is 7.09. The molecular weight excluding hydrogens is 232 g/mol. The summed E-state index contributed by atoms with van der Waals surface area (Å²) in [6.45, 7) is 4.10. The maximum Gasteiger partial charge on any atom is 0.205 e. The number of aromatic nitrogens is 2. The van der Waals surface area contributed by atoms with Crippen LogP contribution in [0.4, 0.5) is 5.13 Å². The van der Waals surface area contributed by atoms with Crippen LogP contribution in [0.1, 0.15) is 44.9 Å². The molecule has 0 spiro atoms. The number of nitrogens with two attached hydrogens (primary N) is 1. The van der Waals surface area contributed by atoms with Crippen LogP contribution in [-0.4, -0.2) is 28.5 Å². The lowest BCUT2D eigenvalue weighted by Crippen LogP contribution is -2.29. The highest BCUT2D eigenvalue weighted by Gasteiger charge is 2.26. The van der Waals surface area contributed by atoms with E-state index in [4.69, 9.17) is 5.73 Å². The Bertz CT molecular complexity index is 339. The Morgan fingerprint density at radius 1 is 1.53 bits per heavy atom. The summed E-state index contributed by atoms with van der Waals surface area (Å²) in [6, 6.07) is 0.640. The highest BCUT2D eigenvalue weighted by atomic mass is 32.1. The Morgan fingerprint density at radius 3 is 3.18 bits per heavy atom. The SMILES string of the molecule is CCCc1nsc(N2CCCC2CCCN)n1. The van der Waals surface area contributed by atoms with Crippen molar-refractivity contribution in [2.45, 2.75) is 51.5 Å². The molecule has 0 aromatic carbocycles. The van der Waals surface area contributed by atoms with Crippen molar-refractivity contribution in [3.8, 4) is 0 Å². The van der Waals surface area contributed by atoms with Crippen LogP contribution in [0.2, 0.25) is 0 Å². The van der Waals surface area contributed by atoms with Gasteiger partial charge in [0.25, 0.3) is 0 Å². The Hall–Kier alpha value is -0.680. The van der Waals surface area contributed by atoms with Crippen LogP contribution in [0, 0.1) is 0 Å². The molecule has 4 nitrogen and oxygen atoms in total. The van der Waals surface area contributed by atoms with E-state index in [1.54, 1.807) is 11.5 Å². The molecule has 0 bridgehead atoms. The summed E-state index contributed by atoms with van der Waals surface area (Å²) in [5.74, 6) is 1.01. The summed E-state index contributed by atoms with van der Waals surface area (Å²) >= 11 is 1.56. The first-order valence-corrected chi connectivity index (χ1v) is 7.41. The van der Waals surface area contributed by atoms with E-state index in [0.29, 0.717) is 6.04 Å². The van der Waals surface area contributed by atoms with Crippen molar-refractivity contribution in [1.82, 2.24) is 9.36 Å². The monoisotopic (exact) mass is 254 g/mol. The molecule has 1 fully saturated rings. The molecule has 96 valence electrons. The largest absolute Gasteiger partial charge is 0.344 e. The van der Waals surface area contributed by atoms with Gasteiger partial charge in [0.15, 0.2) is 0 Å². The maximum atomic E-state index is 5.59. The zero-order chi connectivity index (χ0) is 12.1. The zero-order valence-corrected chi connectivity index (χ0v) is 11.4. The molecule has 1 unspecified atom stereocenters. The fraction of sp³-hybridized carbons (Fsp3) is 0.833. The van der Waals surface area contributed by atoms with E-state index in [9.17, 15) is 0 Å². The van der Waals surface area contributed by atoms with Crippen molar-refractivity contribution in [3.63, 3.8) is 0 Å². The molecule has 17 heavy (non-hydrogen) atoms. The average Bonchev–Trinajstić information content (AvgIpc) is 2.94. The predicted molar refractivity (Wildman–Crippen MR) is 72.6 cm³/mol. The molecule has 1 aliphatic rings. The van der Waals surface area contributed by atoms with Gasteiger partial charge in [-0.3, -0.25) is 0 Å². The van der Waals surface area contributed by atoms with Crippen molar-refractivity contribution in [3.05, 3.63) is 5.82 Å². The van der Waals surface area contributed by atoms with Crippen LogP contribution in [0.25, 0.3) is 0 Å². The second-order valence-corrected chi connectivity index (χ2v) is 5.39. The summed E-state index contributed by atoms with van der Waals surface area (Å²) in [6.07, 6.45) is 6.98. The number of hydrogen-bond acceptors (Lipinski definition) is 5. The van der Waals surface area contributed by atoms with Gasteiger partial charge in [-0.05, 0) is 38.6 Å². The molecule has 0 radical (unpaired) electrons. The predicted octanol–water partition coefficient (Wildman–Crippen LogP) is 2.20. The lowest BCUT2D eigenvalue weighted by Gasteiger charge is -2.23. The molecular formula is C12H22N4S. The standard InChI is InChI=1S/C12H22N4S/c1-2-5-11-14-12(17-15-11)16-9-4-7-10(16)6-3-8-13/h10H,2-9,13H2,1H3. The Balaban J connectivity index is 1.98. The lowest BCUT2D eigenvalue weighted by atomic mass is 10.1. The normalized spacial score (nSPS) is 20.1. The number of aryl methyl sites for hydroxylation is 1. The summed E-state index contributed by atoms with van der Waals surface area (Å²) in [5.41, 5.74) is 5.59. The molecule has 0 amide bonds. The smallest absolute Gasteiger partial charge is 0.205 e. The van der Waals surface area contributed by atoms with Gasteiger partial charge in [0.1, 0.15) is 5.82 Å². The molecule has 1 aromatic heterocycles. The Morgan fingerprint density at radius 2 is 2.41 bits per heavy atom. The van der Waals surface area contributed by atoms with Crippen LogP contribution in [-0.2, 0) is 6.42 Å². The number of hydrogen-bond donors (Lipinski definition) is 1. The van der Waals surface area contributed by atoms with Gasteiger partial charge in [-0.15, -0.1) is 0 Å². The van der Waals surface area contributed by atoms with Gasteiger partial charge in [0.2, 0.25) is 5.13 Å². The Kier molecular flexibility index (Phi) is 4.74. The van der Waals surface area contributed by atoms with E-state index in [2.05, 4.69) is 21.2 Å². The van der Waals surface area contributed by atoms with E-state index in [0.717, 1.165) is 43.3 Å². The fourth-order valence-electron chi connectivity index (χ4n) is 2.43. The van der Waals surface area contributed by atoms with Crippen LogP contribution in [0.5, 0.6) is 0 Å².